The lowest BCUT2D eigenvalue weighted by atomic mass is 10.0. The van der Waals surface area contributed by atoms with Crippen molar-refractivity contribution in [1.82, 2.24) is 0 Å². The van der Waals surface area contributed by atoms with E-state index in [2.05, 4.69) is 0 Å². The molecule has 0 amide bonds. The third-order valence-electron chi connectivity index (χ3n) is 2.04. The average molecular weight is 213 g/mol. The van der Waals surface area contributed by atoms with E-state index in [1.165, 1.54) is 7.11 Å². The average Bonchev–Trinajstić information content (AvgIpc) is 2.15. The lowest BCUT2D eigenvalue weighted by Crippen LogP contribution is -2.57. The molecule has 3 N–H and O–H groups in total. The molecular formula is C7H13ClO5. The van der Waals surface area contributed by atoms with Crippen molar-refractivity contribution in [2.24, 2.45) is 0 Å². The molecule has 5 atom stereocenters. The first-order chi connectivity index (χ1) is 6.11. The number of halogens is 1. The molecule has 5 nitrogen and oxygen atoms in total. The molecular weight excluding hydrogens is 200 g/mol. The highest BCUT2D eigenvalue weighted by atomic mass is 35.5. The predicted molar refractivity (Wildman–Crippen MR) is 44.4 cm³/mol. The third kappa shape index (κ3) is 2.12. The summed E-state index contributed by atoms with van der Waals surface area (Å²) in [6, 6.07) is 0. The van der Waals surface area contributed by atoms with Gasteiger partial charge < -0.3 is 24.8 Å². The summed E-state index contributed by atoms with van der Waals surface area (Å²) in [5.41, 5.74) is 0. The second kappa shape index (κ2) is 4.54. The normalized spacial score (nSPS) is 46.4. The van der Waals surface area contributed by atoms with E-state index in [0.717, 1.165) is 0 Å². The first-order valence-corrected chi connectivity index (χ1v) is 4.34. The Morgan fingerprint density at radius 3 is 2.46 bits per heavy atom. The fourth-order valence-electron chi connectivity index (χ4n) is 1.23. The van der Waals surface area contributed by atoms with Gasteiger partial charge in [-0.2, -0.15) is 0 Å². The molecule has 0 bridgehead atoms. The first-order valence-electron chi connectivity index (χ1n) is 3.91. The molecule has 13 heavy (non-hydrogen) atoms. The molecule has 0 aromatic heterocycles. The van der Waals surface area contributed by atoms with E-state index in [4.69, 9.17) is 26.2 Å². The Balaban J connectivity index is 2.66. The van der Waals surface area contributed by atoms with Crippen molar-refractivity contribution in [3.05, 3.63) is 0 Å². The quantitative estimate of drug-likeness (QED) is 0.495. The van der Waals surface area contributed by atoms with Crippen molar-refractivity contribution in [3.8, 4) is 0 Å². The number of aliphatic hydroxyl groups excluding tert-OH is 3. The first kappa shape index (κ1) is 11.2. The smallest absolute Gasteiger partial charge is 0.176 e. The highest BCUT2D eigenvalue weighted by Gasteiger charge is 2.43. The second-order valence-corrected chi connectivity index (χ2v) is 3.39. The Morgan fingerprint density at radius 1 is 1.38 bits per heavy atom. The van der Waals surface area contributed by atoms with Crippen LogP contribution in [-0.4, -0.2) is 59.0 Å². The van der Waals surface area contributed by atoms with Crippen LogP contribution in [-0.2, 0) is 9.47 Å². The zero-order valence-electron chi connectivity index (χ0n) is 7.13. The third-order valence-corrected chi connectivity index (χ3v) is 2.50. The van der Waals surface area contributed by atoms with Gasteiger partial charge in [0.05, 0.1) is 6.61 Å². The highest BCUT2D eigenvalue weighted by molar-refractivity contribution is 6.21. The molecule has 0 aromatic carbocycles. The van der Waals surface area contributed by atoms with Crippen molar-refractivity contribution in [1.29, 1.82) is 0 Å². The molecule has 1 aliphatic heterocycles. The summed E-state index contributed by atoms with van der Waals surface area (Å²) in [6.07, 6.45) is -4.00. The number of hydrogen-bond donors (Lipinski definition) is 3. The minimum atomic E-state index is -1.18. The van der Waals surface area contributed by atoms with Crippen molar-refractivity contribution in [3.63, 3.8) is 0 Å². The molecule has 0 aliphatic carbocycles. The maximum absolute atomic E-state index is 9.40. The van der Waals surface area contributed by atoms with Crippen molar-refractivity contribution in [2.75, 3.05) is 13.7 Å². The van der Waals surface area contributed by atoms with Crippen molar-refractivity contribution in [2.45, 2.75) is 30.0 Å². The summed E-state index contributed by atoms with van der Waals surface area (Å²) in [4.78, 5) is 0. The summed E-state index contributed by atoms with van der Waals surface area (Å²) >= 11 is 5.71. The Hall–Kier alpha value is 0.0900. The van der Waals surface area contributed by atoms with E-state index in [1.54, 1.807) is 0 Å². The molecule has 0 saturated carbocycles. The topological polar surface area (TPSA) is 79.2 Å². The predicted octanol–water partition coefficient (Wildman–Crippen LogP) is -1.32. The summed E-state index contributed by atoms with van der Waals surface area (Å²) in [5, 5.41) is 26.7. The van der Waals surface area contributed by atoms with Gasteiger partial charge in [0, 0.05) is 7.11 Å². The van der Waals surface area contributed by atoms with E-state index in [0.29, 0.717) is 0 Å². The number of alkyl halides is 1. The maximum atomic E-state index is 9.40. The van der Waals surface area contributed by atoms with Gasteiger partial charge in [-0.15, -0.1) is 11.6 Å². The van der Waals surface area contributed by atoms with Gasteiger partial charge in [0.2, 0.25) is 0 Å². The largest absolute Gasteiger partial charge is 0.394 e. The fraction of sp³-hybridized carbons (Fsp3) is 1.00. The zero-order chi connectivity index (χ0) is 10.0. The Morgan fingerprint density at radius 2 is 2.00 bits per heavy atom. The Bertz CT molecular complexity index is 147. The number of methoxy groups -OCH3 is 1. The van der Waals surface area contributed by atoms with Crippen LogP contribution in [0.1, 0.15) is 0 Å². The van der Waals surface area contributed by atoms with E-state index >= 15 is 0 Å². The minimum absolute atomic E-state index is 0.387. The molecule has 1 aliphatic rings. The zero-order valence-corrected chi connectivity index (χ0v) is 7.89. The van der Waals surface area contributed by atoms with Crippen LogP contribution in [0.25, 0.3) is 0 Å². The second-order valence-electron chi connectivity index (χ2n) is 2.89. The summed E-state index contributed by atoms with van der Waals surface area (Å²) in [5.74, 6) is 0. The van der Waals surface area contributed by atoms with Gasteiger partial charge in [-0.1, -0.05) is 0 Å². The van der Waals surface area contributed by atoms with Crippen LogP contribution in [0.5, 0.6) is 0 Å². The minimum Gasteiger partial charge on any atom is -0.394 e. The number of rotatable bonds is 2. The van der Waals surface area contributed by atoms with E-state index in [1.807, 2.05) is 0 Å². The molecule has 0 radical (unpaired) electrons. The van der Waals surface area contributed by atoms with Crippen LogP contribution in [0.3, 0.4) is 0 Å². The van der Waals surface area contributed by atoms with Gasteiger partial charge in [-0.3, -0.25) is 0 Å². The Labute approximate surface area is 80.8 Å². The molecule has 0 spiro atoms. The van der Waals surface area contributed by atoms with Crippen LogP contribution in [0.2, 0.25) is 0 Å². The van der Waals surface area contributed by atoms with E-state index in [9.17, 15) is 10.2 Å². The van der Waals surface area contributed by atoms with Crippen LogP contribution >= 0.6 is 11.6 Å². The molecule has 6 heteroatoms. The standard InChI is InChI=1S/C7H13ClO5/c1-12-7-4(8)6(11)5(10)3(2-9)13-7/h3-7,9-11H,2H2,1H3/t3-,4+,5-,6-,7+/m1/s1. The van der Waals surface area contributed by atoms with Gasteiger partial charge in [-0.25, -0.2) is 0 Å². The SMILES string of the molecule is CO[C@H]1O[C@H](CO)[C@@H](O)[C@H](O)[C@@H]1Cl. The van der Waals surface area contributed by atoms with Gasteiger partial charge >= 0.3 is 0 Å². The van der Waals surface area contributed by atoms with Crippen LogP contribution in [0.4, 0.5) is 0 Å². The molecule has 1 fully saturated rings. The van der Waals surface area contributed by atoms with Gasteiger partial charge in [-0.05, 0) is 0 Å². The molecule has 78 valence electrons. The fourth-order valence-corrected chi connectivity index (χ4v) is 1.55. The number of hydrogen-bond acceptors (Lipinski definition) is 5. The van der Waals surface area contributed by atoms with E-state index in [-0.39, 0.29) is 6.61 Å². The summed E-state index contributed by atoms with van der Waals surface area (Å²) in [7, 11) is 1.37. The molecule has 0 aromatic rings. The Kier molecular flexibility index (Phi) is 3.90. The van der Waals surface area contributed by atoms with Crippen LogP contribution in [0, 0.1) is 0 Å². The summed E-state index contributed by atoms with van der Waals surface area (Å²) in [6.45, 7) is -0.387. The molecule has 1 heterocycles. The van der Waals surface area contributed by atoms with E-state index < -0.39 is 30.0 Å². The van der Waals surface area contributed by atoms with Gasteiger partial charge in [0.15, 0.2) is 6.29 Å². The lowest BCUT2D eigenvalue weighted by molar-refractivity contribution is -0.245. The van der Waals surface area contributed by atoms with Gasteiger partial charge in [0.1, 0.15) is 23.7 Å². The monoisotopic (exact) mass is 212 g/mol. The number of ether oxygens (including phenoxy) is 2. The van der Waals surface area contributed by atoms with Crippen molar-refractivity contribution >= 4 is 11.6 Å². The molecule has 0 unspecified atom stereocenters. The highest BCUT2D eigenvalue weighted by Crippen LogP contribution is 2.25. The maximum Gasteiger partial charge on any atom is 0.176 e. The molecule has 1 rings (SSSR count). The molecule has 1 saturated heterocycles. The van der Waals surface area contributed by atoms with Crippen LogP contribution < -0.4 is 0 Å². The van der Waals surface area contributed by atoms with Crippen LogP contribution in [0.15, 0.2) is 0 Å². The lowest BCUT2D eigenvalue weighted by Gasteiger charge is -2.38. The number of aliphatic hydroxyl groups is 3. The summed E-state index contributed by atoms with van der Waals surface area (Å²) < 4.78 is 9.88. The van der Waals surface area contributed by atoms with Crippen molar-refractivity contribution < 1.29 is 24.8 Å². The van der Waals surface area contributed by atoms with Gasteiger partial charge in [0.25, 0.3) is 0 Å².